The van der Waals surface area contributed by atoms with Gasteiger partial charge < -0.3 is 9.64 Å². The van der Waals surface area contributed by atoms with Crippen molar-refractivity contribution in [1.82, 2.24) is 9.97 Å². The summed E-state index contributed by atoms with van der Waals surface area (Å²) >= 11 is 6.12. The summed E-state index contributed by atoms with van der Waals surface area (Å²) in [6, 6.07) is 13.3. The molecule has 0 bridgehead atoms. The molecular weight excluding hydrogens is 346 g/mol. The second-order valence-electron chi connectivity index (χ2n) is 5.37. The van der Waals surface area contributed by atoms with Gasteiger partial charge in [0.05, 0.1) is 34.0 Å². The molecule has 0 radical (unpaired) electrons. The summed E-state index contributed by atoms with van der Waals surface area (Å²) in [7, 11) is 0.542. The lowest BCUT2D eigenvalue weighted by Crippen LogP contribution is -2.30. The van der Waals surface area contributed by atoms with Crippen molar-refractivity contribution in [2.24, 2.45) is 0 Å². The van der Waals surface area contributed by atoms with Crippen LogP contribution in [-0.4, -0.2) is 33.6 Å². The van der Waals surface area contributed by atoms with Gasteiger partial charge in [-0.05, 0) is 41.9 Å². The van der Waals surface area contributed by atoms with Gasteiger partial charge in [-0.1, -0.05) is 12.1 Å². The average molecular weight is 360 g/mol. The number of benzene rings is 2. The molecule has 1 aromatic heterocycles. The number of nitrogens with zero attached hydrogens (tertiary/aromatic N) is 3. The number of fused-ring (bicyclic) bond motifs is 2. The third kappa shape index (κ3) is 2.52. The minimum atomic E-state index is -1.06. The first-order valence-electron chi connectivity index (χ1n) is 7.43. The molecule has 2 aromatic carbocycles. The van der Waals surface area contributed by atoms with Gasteiger partial charge in [0.1, 0.15) is 11.6 Å². The first kappa shape index (κ1) is 15.4. The number of hydrogen-bond acceptors (Lipinski definition) is 5. The Morgan fingerprint density at radius 1 is 1.21 bits per heavy atom. The van der Waals surface area contributed by atoms with Crippen LogP contribution in [0.2, 0.25) is 5.28 Å². The number of anilines is 2. The Labute approximate surface area is 146 Å². The molecule has 0 fully saturated rings. The Bertz CT molecular complexity index is 964. The first-order valence-corrected chi connectivity index (χ1v) is 9.13. The quantitative estimate of drug-likeness (QED) is 0.655. The average Bonchev–Trinajstić information content (AvgIpc) is 2.61. The topological polar surface area (TPSA) is 55.3 Å². The number of aromatic nitrogens is 2. The molecule has 1 aliphatic heterocycles. The number of hydrogen-bond donors (Lipinski definition) is 0. The zero-order valence-corrected chi connectivity index (χ0v) is 14.5. The van der Waals surface area contributed by atoms with E-state index in [-0.39, 0.29) is 5.28 Å². The lowest BCUT2D eigenvalue weighted by molar-refractivity contribution is 0.413. The normalized spacial score (nSPS) is 16.9. The number of ether oxygens (including phenoxy) is 1. The second kappa shape index (κ2) is 6.03. The molecular formula is C17H14ClN3O2S. The van der Waals surface area contributed by atoms with Gasteiger partial charge in [0.25, 0.3) is 0 Å². The minimum Gasteiger partial charge on any atom is -0.497 e. The Kier molecular flexibility index (Phi) is 3.86. The molecule has 0 saturated carbocycles. The summed E-state index contributed by atoms with van der Waals surface area (Å²) in [6.07, 6.45) is 0. The van der Waals surface area contributed by atoms with Crippen molar-refractivity contribution >= 4 is 44.8 Å². The van der Waals surface area contributed by atoms with Crippen LogP contribution in [-0.2, 0) is 10.8 Å². The van der Waals surface area contributed by atoms with E-state index >= 15 is 0 Å². The van der Waals surface area contributed by atoms with E-state index in [9.17, 15) is 4.21 Å². The third-order valence-electron chi connectivity index (χ3n) is 4.01. The molecule has 1 atom stereocenters. The van der Waals surface area contributed by atoms with Crippen molar-refractivity contribution in [2.45, 2.75) is 4.90 Å². The van der Waals surface area contributed by atoms with Crippen molar-refractivity contribution in [3.63, 3.8) is 0 Å². The molecule has 0 spiro atoms. The van der Waals surface area contributed by atoms with E-state index in [0.29, 0.717) is 18.0 Å². The van der Waals surface area contributed by atoms with Crippen LogP contribution < -0.4 is 9.64 Å². The van der Waals surface area contributed by atoms with Crippen LogP contribution in [0.15, 0.2) is 47.4 Å². The van der Waals surface area contributed by atoms with Gasteiger partial charge in [-0.25, -0.2) is 4.98 Å². The van der Waals surface area contributed by atoms with Crippen LogP contribution in [0, 0.1) is 0 Å². The highest BCUT2D eigenvalue weighted by molar-refractivity contribution is 7.85. The number of rotatable bonds is 2. The SMILES string of the molecule is COc1ccc2c(c1)S(=O)CCN2c1nc(Cl)nc2ccccc12. The molecule has 24 heavy (non-hydrogen) atoms. The smallest absolute Gasteiger partial charge is 0.224 e. The monoisotopic (exact) mass is 359 g/mol. The van der Waals surface area contributed by atoms with Gasteiger partial charge in [0.15, 0.2) is 0 Å². The molecule has 1 unspecified atom stereocenters. The Morgan fingerprint density at radius 3 is 2.88 bits per heavy atom. The molecule has 0 N–H and O–H groups in total. The molecule has 1 aliphatic rings. The summed E-state index contributed by atoms with van der Waals surface area (Å²) < 4.78 is 17.7. The molecule has 0 aliphatic carbocycles. The van der Waals surface area contributed by atoms with E-state index in [4.69, 9.17) is 16.3 Å². The van der Waals surface area contributed by atoms with Gasteiger partial charge in [0, 0.05) is 17.7 Å². The lowest BCUT2D eigenvalue weighted by atomic mass is 10.2. The van der Waals surface area contributed by atoms with Crippen LogP contribution in [0.4, 0.5) is 11.5 Å². The first-order chi connectivity index (χ1) is 11.7. The van der Waals surface area contributed by atoms with Gasteiger partial charge in [-0.15, -0.1) is 0 Å². The maximum Gasteiger partial charge on any atom is 0.224 e. The van der Waals surface area contributed by atoms with Crippen molar-refractivity contribution in [3.8, 4) is 5.75 Å². The predicted molar refractivity (Wildman–Crippen MR) is 95.8 cm³/mol. The van der Waals surface area contributed by atoms with Gasteiger partial charge in [-0.3, -0.25) is 4.21 Å². The van der Waals surface area contributed by atoms with Gasteiger partial charge in [-0.2, -0.15) is 4.98 Å². The van der Waals surface area contributed by atoms with Crippen LogP contribution >= 0.6 is 11.6 Å². The fraction of sp³-hybridized carbons (Fsp3) is 0.176. The highest BCUT2D eigenvalue weighted by Gasteiger charge is 2.26. The standard InChI is InChI=1S/C17H14ClN3O2S/c1-23-11-6-7-14-15(10-11)24(22)9-8-21(14)16-12-4-2-3-5-13(12)19-17(18)20-16/h2-7,10H,8-9H2,1H3. The Hall–Kier alpha value is -2.18. The Morgan fingerprint density at radius 2 is 2.04 bits per heavy atom. The van der Waals surface area contributed by atoms with E-state index in [2.05, 4.69) is 9.97 Å². The molecule has 0 amide bonds. The van der Waals surface area contributed by atoms with E-state index in [0.717, 1.165) is 27.3 Å². The van der Waals surface area contributed by atoms with E-state index < -0.39 is 10.8 Å². The van der Waals surface area contributed by atoms with Crippen LogP contribution in [0.3, 0.4) is 0 Å². The maximum absolute atomic E-state index is 12.4. The molecule has 5 nitrogen and oxygen atoms in total. The molecule has 3 aromatic rings. The molecule has 4 rings (SSSR count). The van der Waals surface area contributed by atoms with Crippen molar-refractivity contribution in [2.75, 3.05) is 24.3 Å². The van der Waals surface area contributed by atoms with Gasteiger partial charge >= 0.3 is 0 Å². The van der Waals surface area contributed by atoms with Crippen molar-refractivity contribution in [3.05, 3.63) is 47.7 Å². The number of halogens is 1. The fourth-order valence-corrected chi connectivity index (χ4v) is 4.29. The zero-order chi connectivity index (χ0) is 16.7. The largest absolute Gasteiger partial charge is 0.497 e. The molecule has 0 saturated heterocycles. The van der Waals surface area contributed by atoms with Crippen LogP contribution in [0.5, 0.6) is 5.75 Å². The highest BCUT2D eigenvalue weighted by atomic mass is 35.5. The Balaban J connectivity index is 1.93. The molecule has 2 heterocycles. The zero-order valence-electron chi connectivity index (χ0n) is 12.9. The maximum atomic E-state index is 12.4. The number of para-hydroxylation sites is 1. The third-order valence-corrected chi connectivity index (χ3v) is 5.55. The van der Waals surface area contributed by atoms with Gasteiger partial charge in [0.2, 0.25) is 5.28 Å². The van der Waals surface area contributed by atoms with Crippen LogP contribution in [0.25, 0.3) is 10.9 Å². The second-order valence-corrected chi connectivity index (χ2v) is 7.25. The highest BCUT2D eigenvalue weighted by Crippen LogP contribution is 2.38. The van der Waals surface area contributed by atoms with E-state index in [1.807, 2.05) is 47.4 Å². The van der Waals surface area contributed by atoms with Crippen molar-refractivity contribution < 1.29 is 8.95 Å². The summed E-state index contributed by atoms with van der Waals surface area (Å²) in [5, 5.41) is 1.11. The van der Waals surface area contributed by atoms with Crippen molar-refractivity contribution in [1.29, 1.82) is 0 Å². The summed E-state index contributed by atoms with van der Waals surface area (Å²) in [5.74, 6) is 1.94. The van der Waals surface area contributed by atoms with E-state index in [1.165, 1.54) is 0 Å². The van der Waals surface area contributed by atoms with Crippen LogP contribution in [0.1, 0.15) is 0 Å². The number of methoxy groups -OCH3 is 1. The molecule has 7 heteroatoms. The minimum absolute atomic E-state index is 0.199. The fourth-order valence-electron chi connectivity index (χ4n) is 2.89. The summed E-state index contributed by atoms with van der Waals surface area (Å²) in [6.45, 7) is 0.600. The summed E-state index contributed by atoms with van der Waals surface area (Å²) in [4.78, 5) is 11.5. The summed E-state index contributed by atoms with van der Waals surface area (Å²) in [5.41, 5.74) is 1.65. The van der Waals surface area contributed by atoms with E-state index in [1.54, 1.807) is 7.11 Å². The molecule has 122 valence electrons. The predicted octanol–water partition coefficient (Wildman–Crippen LogP) is 3.55. The lowest BCUT2D eigenvalue weighted by Gasteiger charge is -2.30.